The van der Waals surface area contributed by atoms with E-state index in [0.717, 1.165) is 12.5 Å². The monoisotopic (exact) mass is 294 g/mol. The van der Waals surface area contributed by atoms with Crippen LogP contribution in [0.2, 0.25) is 0 Å². The molecule has 1 aliphatic carbocycles. The van der Waals surface area contributed by atoms with Crippen molar-refractivity contribution in [1.82, 2.24) is 10.2 Å². The van der Waals surface area contributed by atoms with Gasteiger partial charge in [-0.1, -0.05) is 19.8 Å². The third kappa shape index (κ3) is 3.80. The molecule has 3 nitrogen and oxygen atoms in total. The van der Waals surface area contributed by atoms with Gasteiger partial charge in [-0.2, -0.15) is 0 Å². The fraction of sp³-hybridized carbons (Fsp3) is 1.00. The molecule has 3 atom stereocenters. The number of hydrogen-bond acceptors (Lipinski definition) is 3. The Kier molecular flexibility index (Phi) is 5.23. The second-order valence-electron chi connectivity index (χ2n) is 7.68. The van der Waals surface area contributed by atoms with Crippen molar-refractivity contribution in [3.8, 4) is 0 Å². The Labute approximate surface area is 130 Å². The van der Waals surface area contributed by atoms with E-state index in [0.29, 0.717) is 17.7 Å². The summed E-state index contributed by atoms with van der Waals surface area (Å²) in [4.78, 5) is 2.68. The highest BCUT2D eigenvalue weighted by Crippen LogP contribution is 2.43. The first-order chi connectivity index (χ1) is 10.2. The van der Waals surface area contributed by atoms with Gasteiger partial charge in [0.25, 0.3) is 0 Å². The van der Waals surface area contributed by atoms with Crippen LogP contribution in [0, 0.1) is 5.92 Å². The van der Waals surface area contributed by atoms with Gasteiger partial charge in [0.1, 0.15) is 0 Å². The summed E-state index contributed by atoms with van der Waals surface area (Å²) in [6.07, 6.45) is 11.3. The minimum absolute atomic E-state index is 0.302. The summed E-state index contributed by atoms with van der Waals surface area (Å²) in [7, 11) is 0. The highest BCUT2D eigenvalue weighted by atomic mass is 16.5. The largest absolute Gasteiger partial charge is 0.370 e. The molecule has 3 fully saturated rings. The maximum absolute atomic E-state index is 6.50. The van der Waals surface area contributed by atoms with E-state index in [-0.39, 0.29) is 0 Å². The Balaban J connectivity index is 1.47. The number of piperidine rings is 1. The van der Waals surface area contributed by atoms with Gasteiger partial charge >= 0.3 is 0 Å². The molecule has 3 rings (SSSR count). The van der Waals surface area contributed by atoms with E-state index in [1.165, 1.54) is 71.0 Å². The van der Waals surface area contributed by atoms with Crippen molar-refractivity contribution in [1.29, 1.82) is 0 Å². The lowest BCUT2D eigenvalue weighted by atomic mass is 9.91. The Hall–Kier alpha value is -0.120. The highest BCUT2D eigenvalue weighted by molar-refractivity contribution is 4.94. The first-order valence-corrected chi connectivity index (χ1v) is 9.34. The van der Waals surface area contributed by atoms with Gasteiger partial charge in [0.15, 0.2) is 0 Å². The molecule has 2 aliphatic heterocycles. The number of likely N-dealkylation sites (tertiary alicyclic amines) is 1. The van der Waals surface area contributed by atoms with E-state index in [4.69, 9.17) is 4.74 Å². The van der Waals surface area contributed by atoms with Crippen LogP contribution in [-0.4, -0.2) is 48.8 Å². The van der Waals surface area contributed by atoms with Crippen molar-refractivity contribution in [3.05, 3.63) is 0 Å². The second kappa shape index (κ2) is 6.97. The third-order valence-electron chi connectivity index (χ3n) is 6.09. The molecule has 0 radical (unpaired) electrons. The predicted molar refractivity (Wildman–Crippen MR) is 87.6 cm³/mol. The fourth-order valence-electron chi connectivity index (χ4n) is 4.85. The van der Waals surface area contributed by atoms with Crippen molar-refractivity contribution >= 4 is 0 Å². The third-order valence-corrected chi connectivity index (χ3v) is 6.09. The molecular weight excluding hydrogens is 260 g/mol. The van der Waals surface area contributed by atoms with Crippen molar-refractivity contribution in [2.45, 2.75) is 83.0 Å². The molecule has 3 aliphatic rings. The normalized spacial score (nSPS) is 34.6. The molecule has 0 amide bonds. The standard InChI is InChI=1S/C18H34N2O/c1-3-19-15(2)16-7-6-12-20(13-16)14-17-8-11-18(21-17)9-4-5-10-18/h15-17,19H,3-14H2,1-2H3. The SMILES string of the molecule is CCNC(C)C1CCCN(CC2CCC3(CCCC3)O2)C1. The van der Waals surface area contributed by atoms with Gasteiger partial charge < -0.3 is 15.0 Å². The molecule has 0 bridgehead atoms. The minimum Gasteiger partial charge on any atom is -0.370 e. The van der Waals surface area contributed by atoms with Crippen LogP contribution in [0.15, 0.2) is 0 Å². The molecule has 2 saturated heterocycles. The Bertz CT molecular complexity index is 327. The topological polar surface area (TPSA) is 24.5 Å². The second-order valence-corrected chi connectivity index (χ2v) is 7.68. The first kappa shape index (κ1) is 15.8. The molecule has 21 heavy (non-hydrogen) atoms. The number of nitrogens with one attached hydrogen (secondary N) is 1. The highest BCUT2D eigenvalue weighted by Gasteiger charge is 2.42. The molecule has 0 aromatic heterocycles. The average Bonchev–Trinajstić information content (AvgIpc) is 3.10. The van der Waals surface area contributed by atoms with E-state index in [9.17, 15) is 0 Å². The molecule has 1 N–H and O–H groups in total. The smallest absolute Gasteiger partial charge is 0.0710 e. The van der Waals surface area contributed by atoms with Crippen LogP contribution < -0.4 is 5.32 Å². The number of nitrogens with zero attached hydrogens (tertiary/aromatic N) is 1. The summed E-state index contributed by atoms with van der Waals surface area (Å²) in [5, 5.41) is 3.61. The van der Waals surface area contributed by atoms with Crippen molar-refractivity contribution in [2.24, 2.45) is 5.92 Å². The van der Waals surface area contributed by atoms with Crippen LogP contribution in [0.25, 0.3) is 0 Å². The molecule has 1 saturated carbocycles. The summed E-state index contributed by atoms with van der Waals surface area (Å²) < 4.78 is 6.50. The zero-order chi connectivity index (χ0) is 14.7. The van der Waals surface area contributed by atoms with Crippen LogP contribution in [0.4, 0.5) is 0 Å². The fourth-order valence-corrected chi connectivity index (χ4v) is 4.85. The van der Waals surface area contributed by atoms with Crippen LogP contribution in [0.1, 0.15) is 65.2 Å². The maximum atomic E-state index is 6.50. The van der Waals surface area contributed by atoms with Gasteiger partial charge in [0.05, 0.1) is 11.7 Å². The van der Waals surface area contributed by atoms with E-state index >= 15 is 0 Å². The van der Waals surface area contributed by atoms with Crippen LogP contribution in [-0.2, 0) is 4.74 Å². The van der Waals surface area contributed by atoms with Crippen LogP contribution in [0.5, 0.6) is 0 Å². The van der Waals surface area contributed by atoms with Crippen molar-refractivity contribution in [3.63, 3.8) is 0 Å². The van der Waals surface area contributed by atoms with Crippen LogP contribution in [0.3, 0.4) is 0 Å². The van der Waals surface area contributed by atoms with E-state index in [1.807, 2.05) is 0 Å². The van der Waals surface area contributed by atoms with Gasteiger partial charge in [-0.25, -0.2) is 0 Å². The van der Waals surface area contributed by atoms with Crippen molar-refractivity contribution in [2.75, 3.05) is 26.2 Å². The van der Waals surface area contributed by atoms with Gasteiger partial charge in [-0.05, 0) is 64.5 Å². The lowest BCUT2D eigenvalue weighted by molar-refractivity contribution is -0.0511. The number of rotatable bonds is 5. The summed E-state index contributed by atoms with van der Waals surface area (Å²) in [6.45, 7) is 9.38. The molecule has 3 unspecified atom stereocenters. The summed E-state index contributed by atoms with van der Waals surface area (Å²) in [6, 6.07) is 0.656. The zero-order valence-electron chi connectivity index (χ0n) is 14.1. The predicted octanol–water partition coefficient (Wildman–Crippen LogP) is 3.19. The summed E-state index contributed by atoms with van der Waals surface area (Å²) in [5.41, 5.74) is 0.302. The number of hydrogen-bond donors (Lipinski definition) is 1. The zero-order valence-corrected chi connectivity index (χ0v) is 14.1. The molecular formula is C18H34N2O. The Morgan fingerprint density at radius 3 is 2.76 bits per heavy atom. The van der Waals surface area contributed by atoms with Gasteiger partial charge in [0, 0.05) is 19.1 Å². The summed E-state index contributed by atoms with van der Waals surface area (Å²) in [5.74, 6) is 0.820. The van der Waals surface area contributed by atoms with E-state index < -0.39 is 0 Å². The van der Waals surface area contributed by atoms with Crippen molar-refractivity contribution < 1.29 is 4.74 Å². The molecule has 1 spiro atoms. The van der Waals surface area contributed by atoms with E-state index in [2.05, 4.69) is 24.1 Å². The molecule has 0 aromatic carbocycles. The first-order valence-electron chi connectivity index (χ1n) is 9.34. The van der Waals surface area contributed by atoms with Gasteiger partial charge in [-0.3, -0.25) is 0 Å². The average molecular weight is 294 g/mol. The Morgan fingerprint density at radius 2 is 2.00 bits per heavy atom. The van der Waals surface area contributed by atoms with Crippen LogP contribution >= 0.6 is 0 Å². The quantitative estimate of drug-likeness (QED) is 0.843. The molecule has 122 valence electrons. The Morgan fingerprint density at radius 1 is 1.19 bits per heavy atom. The molecule has 2 heterocycles. The number of ether oxygens (including phenoxy) is 1. The van der Waals surface area contributed by atoms with E-state index in [1.54, 1.807) is 0 Å². The van der Waals surface area contributed by atoms with Gasteiger partial charge in [-0.15, -0.1) is 0 Å². The van der Waals surface area contributed by atoms with Gasteiger partial charge in [0.2, 0.25) is 0 Å². The lowest BCUT2D eigenvalue weighted by Gasteiger charge is -2.37. The minimum atomic E-state index is 0.302. The lowest BCUT2D eigenvalue weighted by Crippen LogP contribution is -2.46. The maximum Gasteiger partial charge on any atom is 0.0710 e. The molecule has 0 aromatic rings. The molecule has 3 heteroatoms. The summed E-state index contributed by atoms with van der Waals surface area (Å²) >= 11 is 0.